The van der Waals surface area contributed by atoms with Crippen LogP contribution in [-0.4, -0.2) is 9.78 Å². The van der Waals surface area contributed by atoms with E-state index in [1.165, 1.54) is 0 Å². The molecular weight excluding hydrogens is 124 g/mol. The highest BCUT2D eigenvalue weighted by Gasteiger charge is 1.98. The summed E-state index contributed by atoms with van der Waals surface area (Å²) in [4.78, 5) is 0. The fourth-order valence-electron chi connectivity index (χ4n) is 0.768. The van der Waals surface area contributed by atoms with Crippen molar-refractivity contribution in [3.8, 4) is 0 Å². The summed E-state index contributed by atoms with van der Waals surface area (Å²) in [5.74, 6) is 0. The van der Waals surface area contributed by atoms with Crippen LogP contribution in [0.15, 0.2) is 24.9 Å². The van der Waals surface area contributed by atoms with E-state index in [-0.39, 0.29) is 0 Å². The topological polar surface area (TPSA) is 17.8 Å². The first-order valence-electron chi connectivity index (χ1n) is 3.38. The molecule has 0 aliphatic rings. The van der Waals surface area contributed by atoms with Gasteiger partial charge in [-0.2, -0.15) is 5.10 Å². The Morgan fingerprint density at radius 2 is 2.50 bits per heavy atom. The molecule has 1 aromatic heterocycles. The molecule has 0 N–H and O–H groups in total. The molecule has 1 unspecified atom stereocenters. The molecule has 1 aromatic rings. The van der Waals surface area contributed by atoms with Gasteiger partial charge < -0.3 is 0 Å². The largest absolute Gasteiger partial charge is 0.266 e. The summed E-state index contributed by atoms with van der Waals surface area (Å²) >= 11 is 0. The Balaban J connectivity index is 2.84. The first kappa shape index (κ1) is 7.06. The highest BCUT2D eigenvalue weighted by atomic mass is 15.3. The zero-order valence-corrected chi connectivity index (χ0v) is 6.41. The minimum Gasteiger partial charge on any atom is -0.266 e. The molecule has 0 radical (unpaired) electrons. The molecule has 0 amide bonds. The third kappa shape index (κ3) is 1.26. The molecular formula is C8H12N2. The summed E-state index contributed by atoms with van der Waals surface area (Å²) in [6.07, 6.45) is 3.83. The minimum atomic E-state index is 0.300. The van der Waals surface area contributed by atoms with E-state index in [0.717, 1.165) is 5.69 Å². The van der Waals surface area contributed by atoms with E-state index < -0.39 is 0 Å². The van der Waals surface area contributed by atoms with Crippen molar-refractivity contribution in [1.82, 2.24) is 9.78 Å². The predicted octanol–water partition coefficient (Wildman–Crippen LogP) is 1.94. The van der Waals surface area contributed by atoms with E-state index in [0.29, 0.717) is 6.04 Å². The maximum absolute atomic E-state index is 4.23. The van der Waals surface area contributed by atoms with Crippen molar-refractivity contribution in [2.75, 3.05) is 0 Å². The second kappa shape index (κ2) is 2.69. The number of aromatic nitrogens is 2. The maximum Gasteiger partial charge on any atom is 0.0668 e. The Bertz CT molecular complexity index is 225. The molecule has 54 valence electrons. The molecule has 1 rings (SSSR count). The van der Waals surface area contributed by atoms with Crippen LogP contribution < -0.4 is 0 Å². The lowest BCUT2D eigenvalue weighted by atomic mass is 10.3. The highest BCUT2D eigenvalue weighted by molar-refractivity contribution is 4.97. The second-order valence-corrected chi connectivity index (χ2v) is 2.41. The summed E-state index contributed by atoms with van der Waals surface area (Å²) in [6.45, 7) is 7.72. The molecule has 0 bridgehead atoms. The lowest BCUT2D eigenvalue weighted by Gasteiger charge is -2.04. The van der Waals surface area contributed by atoms with E-state index in [1.807, 2.05) is 29.9 Å². The van der Waals surface area contributed by atoms with E-state index in [4.69, 9.17) is 0 Å². The van der Waals surface area contributed by atoms with Crippen molar-refractivity contribution in [1.29, 1.82) is 0 Å². The average molecular weight is 136 g/mol. The molecule has 1 atom stereocenters. The first-order valence-corrected chi connectivity index (χ1v) is 3.38. The van der Waals surface area contributed by atoms with Crippen molar-refractivity contribution in [2.24, 2.45) is 0 Å². The Kier molecular flexibility index (Phi) is 1.90. The van der Waals surface area contributed by atoms with Gasteiger partial charge in [0.05, 0.1) is 11.7 Å². The molecule has 0 aromatic carbocycles. The van der Waals surface area contributed by atoms with Crippen LogP contribution in [0.2, 0.25) is 0 Å². The van der Waals surface area contributed by atoms with Gasteiger partial charge in [-0.05, 0) is 19.9 Å². The van der Waals surface area contributed by atoms with Crippen LogP contribution in [0.5, 0.6) is 0 Å². The van der Waals surface area contributed by atoms with E-state index in [1.54, 1.807) is 0 Å². The van der Waals surface area contributed by atoms with Gasteiger partial charge in [-0.3, -0.25) is 4.68 Å². The number of hydrogen-bond donors (Lipinski definition) is 0. The quantitative estimate of drug-likeness (QED) is 0.568. The number of nitrogens with zero attached hydrogens (tertiary/aromatic N) is 2. The van der Waals surface area contributed by atoms with Gasteiger partial charge in [0.2, 0.25) is 0 Å². The number of allylic oxidation sites excluding steroid dienone is 1. The van der Waals surface area contributed by atoms with Gasteiger partial charge in [0, 0.05) is 6.20 Å². The SMILES string of the molecule is C=CC(C)n1ccc(C)n1. The zero-order valence-electron chi connectivity index (χ0n) is 6.41. The number of hydrogen-bond acceptors (Lipinski definition) is 1. The van der Waals surface area contributed by atoms with Crippen LogP contribution >= 0.6 is 0 Å². The molecule has 0 spiro atoms. The van der Waals surface area contributed by atoms with Crippen LogP contribution in [0.1, 0.15) is 18.7 Å². The molecule has 2 heteroatoms. The average Bonchev–Trinajstić information content (AvgIpc) is 2.34. The smallest absolute Gasteiger partial charge is 0.0668 e. The summed E-state index contributed by atoms with van der Waals surface area (Å²) in [5.41, 5.74) is 1.05. The molecule has 0 saturated heterocycles. The van der Waals surface area contributed by atoms with Crippen LogP contribution in [0.4, 0.5) is 0 Å². The predicted molar refractivity (Wildman–Crippen MR) is 41.9 cm³/mol. The monoisotopic (exact) mass is 136 g/mol. The third-order valence-corrected chi connectivity index (χ3v) is 1.50. The fourth-order valence-corrected chi connectivity index (χ4v) is 0.768. The van der Waals surface area contributed by atoms with Crippen molar-refractivity contribution >= 4 is 0 Å². The molecule has 0 aliphatic heterocycles. The fraction of sp³-hybridized carbons (Fsp3) is 0.375. The van der Waals surface area contributed by atoms with Gasteiger partial charge in [-0.25, -0.2) is 0 Å². The Labute approximate surface area is 61.2 Å². The van der Waals surface area contributed by atoms with Gasteiger partial charge in [-0.1, -0.05) is 6.08 Å². The summed E-state index contributed by atoms with van der Waals surface area (Å²) in [6, 6.07) is 2.29. The molecule has 0 aliphatic carbocycles. The number of rotatable bonds is 2. The van der Waals surface area contributed by atoms with Crippen molar-refractivity contribution in [3.05, 3.63) is 30.6 Å². The van der Waals surface area contributed by atoms with Gasteiger partial charge in [0.25, 0.3) is 0 Å². The maximum atomic E-state index is 4.23. The molecule has 0 fully saturated rings. The van der Waals surface area contributed by atoms with Crippen LogP contribution in [0, 0.1) is 6.92 Å². The van der Waals surface area contributed by atoms with Crippen molar-refractivity contribution in [3.63, 3.8) is 0 Å². The lowest BCUT2D eigenvalue weighted by Crippen LogP contribution is -2.01. The van der Waals surface area contributed by atoms with Gasteiger partial charge >= 0.3 is 0 Å². The van der Waals surface area contributed by atoms with E-state index >= 15 is 0 Å². The van der Waals surface area contributed by atoms with Crippen molar-refractivity contribution in [2.45, 2.75) is 19.9 Å². The number of aryl methyl sites for hydroxylation is 1. The second-order valence-electron chi connectivity index (χ2n) is 2.41. The molecule has 10 heavy (non-hydrogen) atoms. The van der Waals surface area contributed by atoms with Crippen LogP contribution in [0.3, 0.4) is 0 Å². The zero-order chi connectivity index (χ0) is 7.56. The standard InChI is InChI=1S/C8H12N2/c1-4-8(3)10-6-5-7(2)9-10/h4-6,8H,1H2,2-3H3. The molecule has 1 heterocycles. The summed E-state index contributed by atoms with van der Waals surface area (Å²) in [7, 11) is 0. The Hall–Kier alpha value is -1.05. The van der Waals surface area contributed by atoms with Crippen LogP contribution in [0.25, 0.3) is 0 Å². The summed E-state index contributed by atoms with van der Waals surface area (Å²) < 4.78 is 1.89. The molecule has 2 nitrogen and oxygen atoms in total. The van der Waals surface area contributed by atoms with Gasteiger partial charge in [0.1, 0.15) is 0 Å². The first-order chi connectivity index (χ1) is 4.74. The Morgan fingerprint density at radius 1 is 1.80 bits per heavy atom. The van der Waals surface area contributed by atoms with Gasteiger partial charge in [0.15, 0.2) is 0 Å². The minimum absolute atomic E-state index is 0.300. The van der Waals surface area contributed by atoms with Gasteiger partial charge in [-0.15, -0.1) is 6.58 Å². The molecule has 0 saturated carbocycles. The van der Waals surface area contributed by atoms with Crippen LogP contribution in [-0.2, 0) is 0 Å². The van der Waals surface area contributed by atoms with Crippen molar-refractivity contribution < 1.29 is 0 Å². The summed E-state index contributed by atoms with van der Waals surface area (Å²) in [5, 5.41) is 4.23. The highest BCUT2D eigenvalue weighted by Crippen LogP contribution is 2.04. The third-order valence-electron chi connectivity index (χ3n) is 1.50. The Morgan fingerprint density at radius 3 is 2.90 bits per heavy atom. The lowest BCUT2D eigenvalue weighted by molar-refractivity contribution is 0.577. The normalized spacial score (nSPS) is 13.0. The van der Waals surface area contributed by atoms with E-state index in [9.17, 15) is 0 Å². The van der Waals surface area contributed by atoms with E-state index in [2.05, 4.69) is 18.6 Å².